The van der Waals surface area contributed by atoms with Crippen LogP contribution in [-0.4, -0.2) is 29.3 Å². The molecular weight excluding hydrogens is 376 g/mol. The molecule has 8 nitrogen and oxygen atoms in total. The molecule has 0 saturated carbocycles. The van der Waals surface area contributed by atoms with E-state index in [1.165, 1.54) is 0 Å². The van der Waals surface area contributed by atoms with Crippen LogP contribution in [0.2, 0.25) is 0 Å². The third-order valence-corrected chi connectivity index (χ3v) is 4.69. The molecule has 0 radical (unpaired) electrons. The lowest BCUT2D eigenvalue weighted by atomic mass is 10.3. The molecule has 0 aliphatic carbocycles. The molecule has 0 fully saturated rings. The van der Waals surface area contributed by atoms with E-state index in [1.807, 2.05) is 95.1 Å². The summed E-state index contributed by atoms with van der Waals surface area (Å²) >= 11 is 0. The molecule has 0 aliphatic heterocycles. The van der Waals surface area contributed by atoms with Crippen molar-refractivity contribution in [1.29, 1.82) is 0 Å². The van der Waals surface area contributed by atoms with Gasteiger partial charge in [-0.25, -0.2) is 9.13 Å². The third-order valence-electron chi connectivity index (χ3n) is 4.69. The molecule has 146 valence electrons. The standard InChI is InChI=1S/C22H20N8/c1-3-9-23-19(5-1)15-27-11-13-29(17-27)21-7-8-22(26-25-21)30-14-12-28(18-30)16-20-6-2-4-10-24-20/h1-14,17-18H,15-16H2/q+2. The van der Waals surface area contributed by atoms with Crippen molar-refractivity contribution in [1.82, 2.24) is 29.3 Å². The average molecular weight is 396 g/mol. The summed E-state index contributed by atoms with van der Waals surface area (Å²) in [6.45, 7) is 1.41. The molecule has 5 aromatic heterocycles. The Hall–Kier alpha value is -4.20. The van der Waals surface area contributed by atoms with E-state index >= 15 is 0 Å². The van der Waals surface area contributed by atoms with Gasteiger partial charge in [0.1, 0.15) is 37.9 Å². The Morgan fingerprint density at radius 2 is 1.13 bits per heavy atom. The summed E-state index contributed by atoms with van der Waals surface area (Å²) < 4.78 is 8.00. The van der Waals surface area contributed by atoms with Crippen LogP contribution in [-0.2, 0) is 13.1 Å². The molecule has 5 heterocycles. The van der Waals surface area contributed by atoms with Crippen molar-refractivity contribution >= 4 is 0 Å². The second-order valence-electron chi connectivity index (χ2n) is 6.88. The lowest BCUT2D eigenvalue weighted by Gasteiger charge is -1.97. The molecule has 0 saturated heterocycles. The number of rotatable bonds is 6. The zero-order valence-electron chi connectivity index (χ0n) is 16.2. The highest BCUT2D eigenvalue weighted by molar-refractivity contribution is 5.27. The van der Waals surface area contributed by atoms with Gasteiger partial charge < -0.3 is 0 Å². The van der Waals surface area contributed by atoms with Crippen molar-refractivity contribution in [3.8, 4) is 11.6 Å². The molecule has 0 spiro atoms. The van der Waals surface area contributed by atoms with Gasteiger partial charge in [0.25, 0.3) is 12.7 Å². The van der Waals surface area contributed by atoms with Gasteiger partial charge in [0.2, 0.25) is 11.6 Å². The normalized spacial score (nSPS) is 10.9. The van der Waals surface area contributed by atoms with Crippen molar-refractivity contribution in [3.05, 3.63) is 110 Å². The maximum atomic E-state index is 4.38. The van der Waals surface area contributed by atoms with Crippen LogP contribution in [0, 0.1) is 0 Å². The van der Waals surface area contributed by atoms with Crippen molar-refractivity contribution < 1.29 is 9.13 Å². The number of nitrogens with zero attached hydrogens (tertiary/aromatic N) is 8. The second-order valence-corrected chi connectivity index (χ2v) is 6.88. The number of imidazole rings is 2. The molecule has 8 heteroatoms. The summed E-state index contributed by atoms with van der Waals surface area (Å²) in [5.74, 6) is 1.51. The fourth-order valence-electron chi connectivity index (χ4n) is 3.20. The molecule has 30 heavy (non-hydrogen) atoms. The predicted molar refractivity (Wildman–Crippen MR) is 108 cm³/mol. The SMILES string of the molecule is c1ccc(C[n+]2ccn(-c3ccc(-n4cc[n+](Cc5ccccn5)c4)nn3)c2)nc1. The van der Waals surface area contributed by atoms with Crippen LogP contribution in [0.4, 0.5) is 0 Å². The van der Waals surface area contributed by atoms with Gasteiger partial charge in [-0.2, -0.15) is 9.13 Å². The third kappa shape index (κ3) is 3.97. The Morgan fingerprint density at radius 1 is 0.633 bits per heavy atom. The van der Waals surface area contributed by atoms with Crippen LogP contribution in [0.3, 0.4) is 0 Å². The number of aromatic nitrogens is 8. The minimum Gasteiger partial charge on any atom is -0.257 e. The Bertz CT molecular complexity index is 1130. The lowest BCUT2D eigenvalue weighted by molar-refractivity contribution is -0.688. The molecule has 0 unspecified atom stereocenters. The Balaban J connectivity index is 1.29. The van der Waals surface area contributed by atoms with E-state index < -0.39 is 0 Å². The first-order valence-electron chi connectivity index (χ1n) is 9.62. The first-order chi connectivity index (χ1) is 14.8. The van der Waals surface area contributed by atoms with Crippen molar-refractivity contribution in [2.75, 3.05) is 0 Å². The monoisotopic (exact) mass is 396 g/mol. The molecule has 0 bridgehead atoms. The molecule has 0 aliphatic rings. The highest BCUT2D eigenvalue weighted by Crippen LogP contribution is 2.06. The van der Waals surface area contributed by atoms with Crippen LogP contribution in [0.25, 0.3) is 11.6 Å². The van der Waals surface area contributed by atoms with E-state index in [0.29, 0.717) is 13.1 Å². The molecular formula is C22H20N8+2. The summed E-state index contributed by atoms with van der Waals surface area (Å²) in [6, 6.07) is 15.7. The largest absolute Gasteiger partial charge is 0.257 e. The van der Waals surface area contributed by atoms with Crippen molar-refractivity contribution in [3.63, 3.8) is 0 Å². The topological polar surface area (TPSA) is 69.2 Å². The summed E-state index contributed by atoms with van der Waals surface area (Å²) in [5, 5.41) is 8.76. The van der Waals surface area contributed by atoms with E-state index in [4.69, 9.17) is 0 Å². The van der Waals surface area contributed by atoms with Gasteiger partial charge in [-0.05, 0) is 24.3 Å². The van der Waals surface area contributed by atoms with E-state index in [2.05, 4.69) is 29.3 Å². The average Bonchev–Trinajstić information content (AvgIpc) is 3.45. The summed E-state index contributed by atoms with van der Waals surface area (Å²) in [6.07, 6.45) is 15.5. The van der Waals surface area contributed by atoms with Gasteiger partial charge >= 0.3 is 0 Å². The molecule has 0 aromatic carbocycles. The maximum Gasteiger partial charge on any atom is 0.250 e. The first-order valence-corrected chi connectivity index (χ1v) is 9.62. The minimum atomic E-state index is 0.707. The minimum absolute atomic E-state index is 0.707. The summed E-state index contributed by atoms with van der Waals surface area (Å²) in [4.78, 5) is 8.73. The predicted octanol–water partition coefficient (Wildman–Crippen LogP) is 1.52. The van der Waals surface area contributed by atoms with Crippen LogP contribution in [0.15, 0.2) is 98.4 Å². The highest BCUT2D eigenvalue weighted by Gasteiger charge is 2.13. The van der Waals surface area contributed by atoms with Gasteiger partial charge in [0, 0.05) is 24.5 Å². The number of hydrogen-bond donors (Lipinski definition) is 0. The quantitative estimate of drug-likeness (QED) is 0.408. The van der Waals surface area contributed by atoms with E-state index in [-0.39, 0.29) is 0 Å². The highest BCUT2D eigenvalue weighted by atomic mass is 15.3. The van der Waals surface area contributed by atoms with Gasteiger partial charge in [-0.1, -0.05) is 12.1 Å². The fraction of sp³-hybridized carbons (Fsp3) is 0.0909. The van der Waals surface area contributed by atoms with Crippen LogP contribution < -0.4 is 9.13 Å². The number of pyridine rings is 2. The maximum absolute atomic E-state index is 4.38. The van der Waals surface area contributed by atoms with Crippen molar-refractivity contribution in [2.24, 2.45) is 0 Å². The molecule has 0 amide bonds. The van der Waals surface area contributed by atoms with Crippen LogP contribution in [0.5, 0.6) is 0 Å². The van der Waals surface area contributed by atoms with E-state index in [1.54, 1.807) is 12.4 Å². The Kier molecular flexibility index (Phi) is 4.79. The molecule has 5 aromatic rings. The Labute approximate surface area is 173 Å². The fourth-order valence-corrected chi connectivity index (χ4v) is 3.20. The Morgan fingerprint density at radius 3 is 1.53 bits per heavy atom. The van der Waals surface area contributed by atoms with Crippen LogP contribution in [0.1, 0.15) is 11.4 Å². The smallest absolute Gasteiger partial charge is 0.250 e. The van der Waals surface area contributed by atoms with E-state index in [0.717, 1.165) is 23.0 Å². The van der Waals surface area contributed by atoms with Gasteiger partial charge in [0.05, 0.1) is 11.4 Å². The van der Waals surface area contributed by atoms with Crippen LogP contribution >= 0.6 is 0 Å². The zero-order chi connectivity index (χ0) is 20.2. The van der Waals surface area contributed by atoms with Crippen molar-refractivity contribution in [2.45, 2.75) is 13.1 Å². The van der Waals surface area contributed by atoms with Gasteiger partial charge in [0.15, 0.2) is 0 Å². The summed E-state index contributed by atoms with van der Waals surface area (Å²) in [5.41, 5.74) is 2.02. The second kappa shape index (κ2) is 8.04. The van der Waals surface area contributed by atoms with E-state index in [9.17, 15) is 0 Å². The molecule has 5 rings (SSSR count). The van der Waals surface area contributed by atoms with Gasteiger partial charge in [-0.15, -0.1) is 10.2 Å². The van der Waals surface area contributed by atoms with Gasteiger partial charge in [-0.3, -0.25) is 9.97 Å². The zero-order valence-corrected chi connectivity index (χ0v) is 16.2. The molecule has 0 atom stereocenters. The first kappa shape index (κ1) is 17.9. The lowest BCUT2D eigenvalue weighted by Crippen LogP contribution is -2.32. The number of hydrogen-bond acceptors (Lipinski definition) is 4. The molecule has 0 N–H and O–H groups in total. The summed E-state index contributed by atoms with van der Waals surface area (Å²) in [7, 11) is 0.